The second-order valence-corrected chi connectivity index (χ2v) is 1.94. The highest BCUT2D eigenvalue weighted by Gasteiger charge is 1.99. The summed E-state index contributed by atoms with van der Waals surface area (Å²) in [5.41, 5.74) is 5.16. The van der Waals surface area contributed by atoms with E-state index in [0.29, 0.717) is 0 Å². The second-order valence-electron chi connectivity index (χ2n) is 1.61. The molecular weight excluding hydrogens is 154 g/mol. The van der Waals surface area contributed by atoms with Crippen molar-refractivity contribution in [2.24, 2.45) is 5.73 Å². The highest BCUT2D eigenvalue weighted by atomic mass is 35.5. The lowest BCUT2D eigenvalue weighted by Gasteiger charge is -1.90. The Morgan fingerprint density at radius 1 is 1.50 bits per heavy atom. The van der Waals surface area contributed by atoms with Crippen LogP contribution in [0.1, 0.15) is 10.4 Å². The molecule has 0 unspecified atom stereocenters. The van der Waals surface area contributed by atoms with Gasteiger partial charge in [-0.05, 0) is 11.6 Å². The Morgan fingerprint density at radius 2 is 2.00 bits per heavy atom. The summed E-state index contributed by atoms with van der Waals surface area (Å²) in [5.74, 6) is -0.559. The van der Waals surface area contributed by atoms with Gasteiger partial charge in [-0.15, -0.1) is 0 Å². The highest BCUT2D eigenvalue weighted by molar-refractivity contribution is 6.28. The largest absolute Gasteiger partial charge is 0.366 e. The Kier molecular flexibility index (Phi) is 1.82. The highest BCUT2D eigenvalue weighted by Crippen LogP contribution is 1.98. The second kappa shape index (κ2) is 2.62. The fourth-order valence-electron chi connectivity index (χ4n) is 0.440. The van der Waals surface area contributed by atoms with Crippen LogP contribution in [0.15, 0.2) is 12.4 Å². The average molecular weight is 158 g/mol. The van der Waals surface area contributed by atoms with E-state index < -0.39 is 5.91 Å². The topological polar surface area (TPSA) is 68.9 Å². The maximum Gasteiger partial charge on any atom is 0.251 e. The van der Waals surface area contributed by atoms with Crippen LogP contribution in [0.3, 0.4) is 0 Å². The van der Waals surface area contributed by atoms with Crippen LogP contribution in [-0.2, 0) is 0 Å². The van der Waals surface area contributed by atoms with E-state index in [0.717, 1.165) is 0 Å². The minimum absolute atomic E-state index is 0.102. The van der Waals surface area contributed by atoms with Gasteiger partial charge in [0.15, 0.2) is 0 Å². The molecule has 0 aliphatic carbocycles. The number of carbonyl (C=O) groups is 1. The quantitative estimate of drug-likeness (QED) is 0.594. The third kappa shape index (κ3) is 1.41. The van der Waals surface area contributed by atoms with E-state index in [4.69, 9.17) is 17.3 Å². The van der Waals surface area contributed by atoms with Crippen molar-refractivity contribution in [1.29, 1.82) is 0 Å². The van der Waals surface area contributed by atoms with Gasteiger partial charge in [0.2, 0.25) is 5.28 Å². The smallest absolute Gasteiger partial charge is 0.251 e. The molecule has 4 nitrogen and oxygen atoms in total. The van der Waals surface area contributed by atoms with E-state index in [9.17, 15) is 4.79 Å². The van der Waals surface area contributed by atoms with Gasteiger partial charge in [0.25, 0.3) is 5.91 Å². The van der Waals surface area contributed by atoms with Crippen molar-refractivity contribution in [2.75, 3.05) is 0 Å². The molecule has 1 aromatic heterocycles. The number of carbonyl (C=O) groups excluding carboxylic acids is 1. The van der Waals surface area contributed by atoms with Crippen LogP contribution in [0.2, 0.25) is 5.28 Å². The van der Waals surface area contributed by atoms with Crippen LogP contribution in [0.25, 0.3) is 0 Å². The maximum atomic E-state index is 10.4. The number of halogens is 1. The van der Waals surface area contributed by atoms with Gasteiger partial charge >= 0.3 is 0 Å². The van der Waals surface area contributed by atoms with Gasteiger partial charge in [-0.25, -0.2) is 9.97 Å². The molecule has 0 aliphatic heterocycles. The van der Waals surface area contributed by atoms with Crippen LogP contribution < -0.4 is 5.73 Å². The Morgan fingerprint density at radius 3 is 2.40 bits per heavy atom. The zero-order chi connectivity index (χ0) is 7.56. The summed E-state index contributed by atoms with van der Waals surface area (Å²) in [6.07, 6.45) is 2.55. The molecule has 0 saturated heterocycles. The van der Waals surface area contributed by atoms with Gasteiger partial charge in [-0.3, -0.25) is 4.79 Å². The summed E-state index contributed by atoms with van der Waals surface area (Å²) in [4.78, 5) is 17.5. The first kappa shape index (κ1) is 6.95. The van der Waals surface area contributed by atoms with E-state index >= 15 is 0 Å². The number of aromatic nitrogens is 2. The fourth-order valence-corrected chi connectivity index (χ4v) is 0.537. The maximum absolute atomic E-state index is 10.4. The standard InChI is InChI=1S/C5H4ClN3O/c6-5-8-1-3(2-9-5)4(7)10/h1-2H,(H2,7,10). The van der Waals surface area contributed by atoms with Crippen LogP contribution in [0.5, 0.6) is 0 Å². The molecule has 0 aliphatic rings. The number of rotatable bonds is 1. The van der Waals surface area contributed by atoms with Crippen molar-refractivity contribution < 1.29 is 4.79 Å². The predicted molar refractivity (Wildman–Crippen MR) is 35.6 cm³/mol. The van der Waals surface area contributed by atoms with Gasteiger partial charge in [0.05, 0.1) is 5.56 Å². The third-order valence-corrected chi connectivity index (χ3v) is 1.10. The molecule has 1 aromatic rings. The van der Waals surface area contributed by atoms with Crippen molar-refractivity contribution in [3.63, 3.8) is 0 Å². The van der Waals surface area contributed by atoms with E-state index in [1.165, 1.54) is 12.4 Å². The summed E-state index contributed by atoms with van der Waals surface area (Å²) < 4.78 is 0. The SMILES string of the molecule is NC(=O)c1cnc(Cl)nc1. The number of nitrogens with zero attached hydrogens (tertiary/aromatic N) is 2. The summed E-state index contributed by atoms with van der Waals surface area (Å²) in [5, 5.41) is 0.102. The van der Waals surface area contributed by atoms with Crippen LogP contribution in [-0.4, -0.2) is 15.9 Å². The number of amides is 1. The lowest BCUT2D eigenvalue weighted by atomic mass is 10.3. The van der Waals surface area contributed by atoms with E-state index in [2.05, 4.69) is 9.97 Å². The summed E-state index contributed by atoms with van der Waals surface area (Å²) >= 11 is 5.34. The molecule has 1 rings (SSSR count). The number of hydrogen-bond donors (Lipinski definition) is 1. The fraction of sp³-hybridized carbons (Fsp3) is 0. The van der Waals surface area contributed by atoms with Crippen LogP contribution >= 0.6 is 11.6 Å². The molecule has 0 saturated carbocycles. The zero-order valence-electron chi connectivity index (χ0n) is 4.91. The number of primary amides is 1. The zero-order valence-corrected chi connectivity index (χ0v) is 5.67. The molecule has 5 heteroatoms. The number of nitrogens with two attached hydrogens (primary N) is 1. The Hall–Kier alpha value is -1.16. The summed E-state index contributed by atoms with van der Waals surface area (Å²) in [7, 11) is 0. The normalized spacial score (nSPS) is 9.30. The lowest BCUT2D eigenvalue weighted by Crippen LogP contribution is -2.11. The molecule has 0 aromatic carbocycles. The van der Waals surface area contributed by atoms with Crippen molar-refractivity contribution in [1.82, 2.24) is 9.97 Å². The molecule has 0 atom stereocenters. The lowest BCUT2D eigenvalue weighted by molar-refractivity contribution is 0.0999. The monoisotopic (exact) mass is 157 g/mol. The van der Waals surface area contributed by atoms with Crippen molar-refractivity contribution in [3.05, 3.63) is 23.2 Å². The molecule has 1 heterocycles. The molecule has 0 spiro atoms. The summed E-state index contributed by atoms with van der Waals surface area (Å²) in [6, 6.07) is 0. The van der Waals surface area contributed by atoms with E-state index in [1.807, 2.05) is 0 Å². The molecule has 10 heavy (non-hydrogen) atoms. The van der Waals surface area contributed by atoms with Crippen molar-refractivity contribution >= 4 is 17.5 Å². The third-order valence-electron chi connectivity index (χ3n) is 0.905. The van der Waals surface area contributed by atoms with E-state index in [1.54, 1.807) is 0 Å². The van der Waals surface area contributed by atoms with Gasteiger partial charge in [-0.2, -0.15) is 0 Å². The summed E-state index contributed by atoms with van der Waals surface area (Å²) in [6.45, 7) is 0. The number of hydrogen-bond acceptors (Lipinski definition) is 3. The van der Waals surface area contributed by atoms with Crippen LogP contribution in [0, 0.1) is 0 Å². The average Bonchev–Trinajstić information content (AvgIpc) is 1.88. The molecule has 1 amide bonds. The minimum Gasteiger partial charge on any atom is -0.366 e. The van der Waals surface area contributed by atoms with Gasteiger partial charge in [-0.1, -0.05) is 0 Å². The first-order valence-corrected chi connectivity index (χ1v) is 2.85. The first-order chi connectivity index (χ1) is 4.70. The van der Waals surface area contributed by atoms with Gasteiger partial charge in [0, 0.05) is 12.4 Å². The Balaban J connectivity index is 3.00. The van der Waals surface area contributed by atoms with Crippen LogP contribution in [0.4, 0.5) is 0 Å². The molecule has 0 bridgehead atoms. The molecule has 52 valence electrons. The Labute approximate surface area is 62.0 Å². The minimum atomic E-state index is -0.559. The van der Waals surface area contributed by atoms with E-state index in [-0.39, 0.29) is 10.8 Å². The molecule has 0 fully saturated rings. The first-order valence-electron chi connectivity index (χ1n) is 2.47. The van der Waals surface area contributed by atoms with Gasteiger partial charge in [0.1, 0.15) is 0 Å². The molecule has 0 radical (unpaired) electrons. The molecular formula is C5H4ClN3O. The van der Waals surface area contributed by atoms with Gasteiger partial charge < -0.3 is 5.73 Å². The predicted octanol–water partition coefficient (Wildman–Crippen LogP) is 0.229. The Bertz CT molecular complexity index is 246. The van der Waals surface area contributed by atoms with Crippen molar-refractivity contribution in [3.8, 4) is 0 Å². The molecule has 2 N–H and O–H groups in total. The van der Waals surface area contributed by atoms with Crippen molar-refractivity contribution in [2.45, 2.75) is 0 Å².